The van der Waals surface area contributed by atoms with Crippen molar-refractivity contribution in [2.45, 2.75) is 38.4 Å². The third kappa shape index (κ3) is 3.83. The predicted molar refractivity (Wildman–Crippen MR) is 61.1 cm³/mol. The summed E-state index contributed by atoms with van der Waals surface area (Å²) < 4.78 is 36.9. The summed E-state index contributed by atoms with van der Waals surface area (Å²) in [4.78, 5) is 0. The molecule has 0 saturated heterocycles. The molecule has 0 fully saturated rings. The van der Waals surface area contributed by atoms with Crippen molar-refractivity contribution in [3.05, 3.63) is 17.8 Å². The van der Waals surface area contributed by atoms with Gasteiger partial charge in [0.25, 0.3) is 0 Å². The highest BCUT2D eigenvalue weighted by Crippen LogP contribution is 2.27. The van der Waals surface area contributed by atoms with Crippen molar-refractivity contribution in [3.63, 3.8) is 0 Å². The van der Waals surface area contributed by atoms with Gasteiger partial charge in [-0.1, -0.05) is 6.92 Å². The van der Waals surface area contributed by atoms with E-state index in [2.05, 4.69) is 15.5 Å². The molecule has 4 nitrogen and oxygen atoms in total. The summed E-state index contributed by atoms with van der Waals surface area (Å²) in [6.07, 6.45) is -3.30. The number of hydrogen-bond acceptors (Lipinski definition) is 4. The lowest BCUT2D eigenvalue weighted by atomic mass is 9.95. The van der Waals surface area contributed by atoms with Crippen LogP contribution in [0.4, 0.5) is 19.0 Å². The van der Waals surface area contributed by atoms with E-state index in [0.29, 0.717) is 12.8 Å². The van der Waals surface area contributed by atoms with Gasteiger partial charge in [-0.25, -0.2) is 0 Å². The molecule has 102 valence electrons. The second kappa shape index (κ2) is 5.51. The van der Waals surface area contributed by atoms with Crippen LogP contribution in [0.2, 0.25) is 0 Å². The first-order chi connectivity index (χ1) is 8.30. The number of nitrogens with one attached hydrogen (secondary N) is 1. The summed E-state index contributed by atoms with van der Waals surface area (Å²) in [5.74, 6) is 0.265. The summed E-state index contributed by atoms with van der Waals surface area (Å²) in [7, 11) is 0. The highest BCUT2D eigenvalue weighted by Gasteiger charge is 2.33. The average Bonchev–Trinajstić information content (AvgIpc) is 2.29. The molecule has 0 bridgehead atoms. The predicted octanol–water partition coefficient (Wildman–Crippen LogP) is 2.46. The van der Waals surface area contributed by atoms with Gasteiger partial charge in [0.2, 0.25) is 0 Å². The zero-order valence-corrected chi connectivity index (χ0v) is 10.3. The smallest absolute Gasteiger partial charge is 0.396 e. The molecule has 1 unspecified atom stereocenters. The zero-order chi connectivity index (χ0) is 13.8. The molecule has 18 heavy (non-hydrogen) atoms. The summed E-state index contributed by atoms with van der Waals surface area (Å²) in [5, 5.41) is 18.5. The Morgan fingerprint density at radius 1 is 1.28 bits per heavy atom. The second-order valence-corrected chi connectivity index (χ2v) is 4.31. The van der Waals surface area contributed by atoms with E-state index in [1.165, 1.54) is 6.07 Å². The topological polar surface area (TPSA) is 58.0 Å². The largest absolute Gasteiger partial charge is 0.435 e. The Bertz CT molecular complexity index is 380. The highest BCUT2D eigenvalue weighted by molar-refractivity contribution is 5.36. The minimum atomic E-state index is -4.48. The van der Waals surface area contributed by atoms with Crippen LogP contribution in [0.15, 0.2) is 12.1 Å². The third-order valence-electron chi connectivity index (χ3n) is 2.83. The van der Waals surface area contributed by atoms with Crippen molar-refractivity contribution in [2.75, 3.05) is 11.9 Å². The quantitative estimate of drug-likeness (QED) is 0.856. The van der Waals surface area contributed by atoms with Crippen LogP contribution in [0.5, 0.6) is 0 Å². The number of aliphatic hydroxyl groups excluding tert-OH is 1. The van der Waals surface area contributed by atoms with Gasteiger partial charge < -0.3 is 10.4 Å². The molecule has 0 aliphatic heterocycles. The van der Waals surface area contributed by atoms with E-state index in [0.717, 1.165) is 6.07 Å². The maximum atomic E-state index is 12.3. The van der Waals surface area contributed by atoms with Gasteiger partial charge in [-0.05, 0) is 31.9 Å². The van der Waals surface area contributed by atoms with Gasteiger partial charge in [0.05, 0.1) is 0 Å². The summed E-state index contributed by atoms with van der Waals surface area (Å²) in [5.41, 5.74) is -1.43. The highest BCUT2D eigenvalue weighted by atomic mass is 19.4. The van der Waals surface area contributed by atoms with E-state index in [4.69, 9.17) is 5.11 Å². The number of aliphatic hydroxyl groups is 1. The number of halogens is 3. The van der Waals surface area contributed by atoms with E-state index in [9.17, 15) is 13.2 Å². The first-order valence-electron chi connectivity index (χ1n) is 5.61. The Kier molecular flexibility index (Phi) is 4.50. The fraction of sp³-hybridized carbons (Fsp3) is 0.636. The molecule has 7 heteroatoms. The lowest BCUT2D eigenvalue weighted by Gasteiger charge is -2.29. The van der Waals surface area contributed by atoms with Crippen molar-refractivity contribution in [1.82, 2.24) is 10.2 Å². The Labute approximate surface area is 103 Å². The van der Waals surface area contributed by atoms with Gasteiger partial charge >= 0.3 is 6.18 Å². The monoisotopic (exact) mass is 263 g/mol. The van der Waals surface area contributed by atoms with E-state index >= 15 is 0 Å². The van der Waals surface area contributed by atoms with E-state index < -0.39 is 17.4 Å². The molecule has 2 N–H and O–H groups in total. The average molecular weight is 263 g/mol. The Hall–Kier alpha value is -1.37. The lowest BCUT2D eigenvalue weighted by Crippen LogP contribution is -2.35. The van der Waals surface area contributed by atoms with Gasteiger partial charge in [0.1, 0.15) is 5.82 Å². The van der Waals surface area contributed by atoms with Crippen LogP contribution >= 0.6 is 0 Å². The van der Waals surface area contributed by atoms with E-state index in [1.54, 1.807) is 0 Å². The minimum absolute atomic E-state index is 0.00853. The minimum Gasteiger partial charge on any atom is -0.396 e. The first kappa shape index (κ1) is 14.7. The molecule has 0 spiro atoms. The fourth-order valence-electron chi connectivity index (χ4n) is 1.43. The van der Waals surface area contributed by atoms with Crippen LogP contribution in [0.3, 0.4) is 0 Å². The molecule has 0 aliphatic rings. The SMILES string of the molecule is CCC(C)(CCO)Nc1ccc(C(F)(F)F)nn1. The van der Waals surface area contributed by atoms with Crippen molar-refractivity contribution >= 4 is 5.82 Å². The first-order valence-corrected chi connectivity index (χ1v) is 5.61. The number of rotatable bonds is 5. The van der Waals surface area contributed by atoms with Gasteiger partial charge in [0.15, 0.2) is 5.69 Å². The molecule has 1 atom stereocenters. The molecule has 1 aromatic heterocycles. The molecule has 0 saturated carbocycles. The molecule has 1 rings (SSSR count). The molecule has 0 aliphatic carbocycles. The normalized spacial score (nSPS) is 15.2. The number of anilines is 1. The number of aromatic nitrogens is 2. The summed E-state index contributed by atoms with van der Waals surface area (Å²) in [6.45, 7) is 3.77. The number of nitrogens with zero attached hydrogens (tertiary/aromatic N) is 2. The Morgan fingerprint density at radius 2 is 1.94 bits per heavy atom. The molecule has 0 radical (unpaired) electrons. The van der Waals surface area contributed by atoms with Crippen LogP contribution in [0.1, 0.15) is 32.4 Å². The van der Waals surface area contributed by atoms with Gasteiger partial charge in [-0.2, -0.15) is 13.2 Å². The van der Waals surface area contributed by atoms with Gasteiger partial charge in [0, 0.05) is 12.1 Å². The second-order valence-electron chi connectivity index (χ2n) is 4.31. The molecule has 1 aromatic rings. The van der Waals surface area contributed by atoms with E-state index in [1.807, 2.05) is 13.8 Å². The van der Waals surface area contributed by atoms with Gasteiger partial charge in [-0.15, -0.1) is 10.2 Å². The van der Waals surface area contributed by atoms with Crippen molar-refractivity contribution < 1.29 is 18.3 Å². The van der Waals surface area contributed by atoms with Crippen LogP contribution in [-0.2, 0) is 6.18 Å². The van der Waals surface area contributed by atoms with Crippen molar-refractivity contribution in [3.8, 4) is 0 Å². The van der Waals surface area contributed by atoms with E-state index in [-0.39, 0.29) is 12.4 Å². The van der Waals surface area contributed by atoms with Gasteiger partial charge in [-0.3, -0.25) is 0 Å². The van der Waals surface area contributed by atoms with Crippen LogP contribution in [-0.4, -0.2) is 27.4 Å². The molecule has 1 heterocycles. The zero-order valence-electron chi connectivity index (χ0n) is 10.3. The fourth-order valence-corrected chi connectivity index (χ4v) is 1.43. The summed E-state index contributed by atoms with van der Waals surface area (Å²) in [6, 6.07) is 2.12. The number of alkyl halides is 3. The van der Waals surface area contributed by atoms with Crippen LogP contribution < -0.4 is 5.32 Å². The maximum Gasteiger partial charge on any atom is 0.435 e. The maximum absolute atomic E-state index is 12.3. The standard InChI is InChI=1S/C11H16F3N3O/c1-3-10(2,6-7-18)15-9-5-4-8(16-17-9)11(12,13)14/h4-5,18H,3,6-7H2,1-2H3,(H,15,17). The summed E-state index contributed by atoms with van der Waals surface area (Å²) >= 11 is 0. The Morgan fingerprint density at radius 3 is 2.33 bits per heavy atom. The molecular formula is C11H16F3N3O. The molecule has 0 amide bonds. The number of hydrogen-bond donors (Lipinski definition) is 2. The third-order valence-corrected chi connectivity index (χ3v) is 2.83. The Balaban J connectivity index is 2.80. The molecular weight excluding hydrogens is 247 g/mol. The van der Waals surface area contributed by atoms with Crippen LogP contribution in [0.25, 0.3) is 0 Å². The van der Waals surface area contributed by atoms with Crippen LogP contribution in [0, 0.1) is 0 Å². The molecule has 0 aromatic carbocycles. The lowest BCUT2D eigenvalue weighted by molar-refractivity contribution is -0.141. The van der Waals surface area contributed by atoms with Crippen molar-refractivity contribution in [1.29, 1.82) is 0 Å². The van der Waals surface area contributed by atoms with Crippen molar-refractivity contribution in [2.24, 2.45) is 0 Å².